The number of hydrogen-bond donors (Lipinski definition) is 2. The average Bonchev–Trinajstić information content (AvgIpc) is 3.11. The molecule has 1 unspecified atom stereocenters. The SMILES string of the molecule is Cl.NCC(NC(=O)c1coc(-c2ccccc2)n1)C1CCCCC1. The topological polar surface area (TPSA) is 81.1 Å². The first kappa shape index (κ1) is 18.5. The van der Waals surface area contributed by atoms with Gasteiger partial charge in [-0.2, -0.15) is 0 Å². The lowest BCUT2D eigenvalue weighted by Gasteiger charge is -2.29. The molecule has 3 N–H and O–H groups in total. The highest BCUT2D eigenvalue weighted by Crippen LogP contribution is 2.26. The summed E-state index contributed by atoms with van der Waals surface area (Å²) in [7, 11) is 0. The molecule has 1 amide bonds. The van der Waals surface area contributed by atoms with Crippen LogP contribution >= 0.6 is 12.4 Å². The summed E-state index contributed by atoms with van der Waals surface area (Å²) in [5, 5.41) is 3.03. The Morgan fingerprint density at radius 3 is 2.62 bits per heavy atom. The Morgan fingerprint density at radius 2 is 1.96 bits per heavy atom. The lowest BCUT2D eigenvalue weighted by Crippen LogP contribution is -2.46. The van der Waals surface area contributed by atoms with Crippen molar-refractivity contribution in [3.8, 4) is 11.5 Å². The standard InChI is InChI=1S/C18H23N3O2.ClH/c19-11-15(13-7-3-1-4-8-13)20-17(22)16-12-23-18(21-16)14-9-5-2-6-10-14;/h2,5-6,9-10,12-13,15H,1,3-4,7-8,11,19H2,(H,20,22);1H. The molecule has 0 spiro atoms. The molecule has 0 saturated heterocycles. The van der Waals surface area contributed by atoms with Crippen molar-refractivity contribution in [3.05, 3.63) is 42.3 Å². The van der Waals surface area contributed by atoms with E-state index in [9.17, 15) is 4.79 Å². The van der Waals surface area contributed by atoms with E-state index in [1.807, 2.05) is 30.3 Å². The maximum Gasteiger partial charge on any atom is 0.273 e. The van der Waals surface area contributed by atoms with E-state index < -0.39 is 0 Å². The zero-order chi connectivity index (χ0) is 16.1. The van der Waals surface area contributed by atoms with Gasteiger partial charge >= 0.3 is 0 Å². The summed E-state index contributed by atoms with van der Waals surface area (Å²) < 4.78 is 5.43. The van der Waals surface area contributed by atoms with Crippen LogP contribution < -0.4 is 11.1 Å². The van der Waals surface area contributed by atoms with Gasteiger partial charge in [0.15, 0.2) is 5.69 Å². The molecule has 1 atom stereocenters. The molecule has 1 heterocycles. The van der Waals surface area contributed by atoms with Crippen LogP contribution in [0.1, 0.15) is 42.6 Å². The van der Waals surface area contributed by atoms with Crippen LogP contribution in [0, 0.1) is 5.92 Å². The number of nitrogens with two attached hydrogens (primary N) is 1. The molecule has 3 rings (SSSR count). The van der Waals surface area contributed by atoms with Crippen molar-refractivity contribution in [2.75, 3.05) is 6.54 Å². The molecule has 2 aromatic rings. The van der Waals surface area contributed by atoms with Crippen molar-refractivity contribution in [1.29, 1.82) is 0 Å². The zero-order valence-corrected chi connectivity index (χ0v) is 14.4. The Bertz CT molecular complexity index is 639. The first-order valence-electron chi connectivity index (χ1n) is 8.30. The minimum absolute atomic E-state index is 0. The van der Waals surface area contributed by atoms with E-state index in [4.69, 9.17) is 10.2 Å². The Morgan fingerprint density at radius 1 is 1.25 bits per heavy atom. The minimum Gasteiger partial charge on any atom is -0.444 e. The normalized spacial score (nSPS) is 16.2. The first-order chi connectivity index (χ1) is 11.3. The van der Waals surface area contributed by atoms with E-state index in [2.05, 4.69) is 10.3 Å². The monoisotopic (exact) mass is 349 g/mol. The van der Waals surface area contributed by atoms with Crippen molar-refractivity contribution in [2.45, 2.75) is 38.1 Å². The highest BCUT2D eigenvalue weighted by molar-refractivity contribution is 5.92. The second kappa shape index (κ2) is 8.85. The maximum atomic E-state index is 12.4. The van der Waals surface area contributed by atoms with E-state index in [0.29, 0.717) is 24.0 Å². The van der Waals surface area contributed by atoms with Crippen molar-refractivity contribution < 1.29 is 9.21 Å². The molecule has 1 aliphatic rings. The highest BCUT2D eigenvalue weighted by Gasteiger charge is 2.25. The van der Waals surface area contributed by atoms with Crippen LogP contribution in [0.4, 0.5) is 0 Å². The van der Waals surface area contributed by atoms with Gasteiger partial charge in [-0.3, -0.25) is 4.79 Å². The van der Waals surface area contributed by atoms with Crippen LogP contribution in [0.15, 0.2) is 41.0 Å². The maximum absolute atomic E-state index is 12.4. The van der Waals surface area contributed by atoms with Crippen molar-refractivity contribution in [2.24, 2.45) is 11.7 Å². The third-order valence-electron chi connectivity index (χ3n) is 4.55. The van der Waals surface area contributed by atoms with Gasteiger partial charge in [-0.05, 0) is 30.9 Å². The Labute approximate surface area is 148 Å². The molecule has 1 saturated carbocycles. The van der Waals surface area contributed by atoms with Crippen LogP contribution in [-0.4, -0.2) is 23.5 Å². The molecule has 1 aliphatic carbocycles. The molecule has 1 aromatic heterocycles. The summed E-state index contributed by atoms with van der Waals surface area (Å²) in [4.78, 5) is 16.7. The predicted molar refractivity (Wildman–Crippen MR) is 96.1 cm³/mol. The van der Waals surface area contributed by atoms with Crippen molar-refractivity contribution >= 4 is 18.3 Å². The predicted octanol–water partition coefficient (Wildman–Crippen LogP) is 3.40. The number of benzene rings is 1. The molecular formula is C18H24ClN3O2. The Hall–Kier alpha value is -1.85. The molecule has 130 valence electrons. The third-order valence-corrected chi connectivity index (χ3v) is 4.55. The molecule has 0 aliphatic heterocycles. The molecular weight excluding hydrogens is 326 g/mol. The number of halogens is 1. The number of aromatic nitrogens is 1. The fraction of sp³-hybridized carbons (Fsp3) is 0.444. The summed E-state index contributed by atoms with van der Waals surface area (Å²) in [5.41, 5.74) is 7.03. The lowest BCUT2D eigenvalue weighted by atomic mass is 9.84. The molecule has 1 fully saturated rings. The Kier molecular flexibility index (Phi) is 6.82. The molecule has 0 radical (unpaired) electrons. The van der Waals surface area contributed by atoms with Gasteiger partial charge in [0, 0.05) is 18.2 Å². The van der Waals surface area contributed by atoms with Crippen LogP contribution in [-0.2, 0) is 0 Å². The average molecular weight is 350 g/mol. The summed E-state index contributed by atoms with van der Waals surface area (Å²) in [6.07, 6.45) is 7.41. The van der Waals surface area contributed by atoms with Crippen LogP contribution in [0.25, 0.3) is 11.5 Å². The largest absolute Gasteiger partial charge is 0.444 e. The number of carbonyl (C=O) groups excluding carboxylic acids is 1. The molecule has 1 aromatic carbocycles. The van der Waals surface area contributed by atoms with Gasteiger partial charge in [-0.1, -0.05) is 37.5 Å². The highest BCUT2D eigenvalue weighted by atomic mass is 35.5. The van der Waals surface area contributed by atoms with Gasteiger partial charge < -0.3 is 15.5 Å². The fourth-order valence-electron chi connectivity index (χ4n) is 3.24. The first-order valence-corrected chi connectivity index (χ1v) is 8.30. The minimum atomic E-state index is -0.211. The summed E-state index contributed by atoms with van der Waals surface area (Å²) in [6, 6.07) is 9.56. The van der Waals surface area contributed by atoms with E-state index in [1.165, 1.54) is 25.5 Å². The molecule has 5 nitrogen and oxygen atoms in total. The summed E-state index contributed by atoms with van der Waals surface area (Å²) in [5.74, 6) is 0.716. The van der Waals surface area contributed by atoms with Gasteiger partial charge in [-0.25, -0.2) is 4.98 Å². The van der Waals surface area contributed by atoms with E-state index in [0.717, 1.165) is 18.4 Å². The number of oxazole rings is 1. The molecule has 24 heavy (non-hydrogen) atoms. The van der Waals surface area contributed by atoms with Gasteiger partial charge in [0.1, 0.15) is 6.26 Å². The van der Waals surface area contributed by atoms with Gasteiger partial charge in [0.05, 0.1) is 0 Å². The number of hydrogen-bond acceptors (Lipinski definition) is 4. The number of rotatable bonds is 5. The summed E-state index contributed by atoms with van der Waals surface area (Å²) >= 11 is 0. The van der Waals surface area contributed by atoms with E-state index >= 15 is 0 Å². The number of nitrogens with zero attached hydrogens (tertiary/aromatic N) is 1. The van der Waals surface area contributed by atoms with Crippen LogP contribution in [0.2, 0.25) is 0 Å². The number of amides is 1. The van der Waals surface area contributed by atoms with Crippen LogP contribution in [0.5, 0.6) is 0 Å². The van der Waals surface area contributed by atoms with E-state index in [-0.39, 0.29) is 24.4 Å². The second-order valence-electron chi connectivity index (χ2n) is 6.12. The zero-order valence-electron chi connectivity index (χ0n) is 13.6. The van der Waals surface area contributed by atoms with Gasteiger partial charge in [0.25, 0.3) is 5.91 Å². The van der Waals surface area contributed by atoms with Crippen molar-refractivity contribution in [3.63, 3.8) is 0 Å². The molecule has 6 heteroatoms. The van der Waals surface area contributed by atoms with Crippen LogP contribution in [0.3, 0.4) is 0 Å². The Balaban J connectivity index is 0.00000208. The van der Waals surface area contributed by atoms with Crippen molar-refractivity contribution in [1.82, 2.24) is 10.3 Å². The number of nitrogens with one attached hydrogen (secondary N) is 1. The lowest BCUT2D eigenvalue weighted by molar-refractivity contribution is 0.0910. The third kappa shape index (κ3) is 4.36. The van der Waals surface area contributed by atoms with E-state index in [1.54, 1.807) is 0 Å². The smallest absolute Gasteiger partial charge is 0.273 e. The summed E-state index contributed by atoms with van der Waals surface area (Å²) in [6.45, 7) is 0.458. The second-order valence-corrected chi connectivity index (χ2v) is 6.12. The fourth-order valence-corrected chi connectivity index (χ4v) is 3.24. The number of carbonyl (C=O) groups is 1. The van der Waals surface area contributed by atoms with Gasteiger partial charge in [-0.15, -0.1) is 12.4 Å². The van der Waals surface area contributed by atoms with Gasteiger partial charge in [0.2, 0.25) is 5.89 Å². The molecule has 0 bridgehead atoms. The quantitative estimate of drug-likeness (QED) is 0.866.